The van der Waals surface area contributed by atoms with Crippen LogP contribution < -0.4 is 4.74 Å². The number of likely N-dealkylation sites (tertiary alicyclic amines) is 1. The van der Waals surface area contributed by atoms with Crippen LogP contribution in [0.4, 0.5) is 0 Å². The molecule has 24 heavy (non-hydrogen) atoms. The first-order chi connectivity index (χ1) is 11.5. The summed E-state index contributed by atoms with van der Waals surface area (Å²) >= 11 is 6.08. The molecule has 2 aromatic heterocycles. The molecule has 7 heteroatoms. The second-order valence-corrected chi connectivity index (χ2v) is 6.48. The number of methoxy groups -OCH3 is 1. The number of pyridine rings is 2. The van der Waals surface area contributed by atoms with Crippen LogP contribution in [0.3, 0.4) is 0 Å². The van der Waals surface area contributed by atoms with Crippen LogP contribution in [-0.2, 0) is 9.53 Å². The minimum atomic E-state index is -0.0393. The molecule has 0 N–H and O–H groups in total. The van der Waals surface area contributed by atoms with Gasteiger partial charge in [-0.1, -0.05) is 18.5 Å². The van der Waals surface area contributed by atoms with Crippen molar-refractivity contribution in [2.45, 2.75) is 25.9 Å². The molecule has 0 aliphatic carbocycles. The molecule has 1 unspecified atom stereocenters. The first-order valence-corrected chi connectivity index (χ1v) is 8.22. The zero-order valence-corrected chi connectivity index (χ0v) is 14.7. The smallest absolute Gasteiger partial charge is 0.223 e. The molecule has 3 heterocycles. The third kappa shape index (κ3) is 3.30. The van der Waals surface area contributed by atoms with Gasteiger partial charge in [0.2, 0.25) is 11.8 Å². The second kappa shape index (κ2) is 6.91. The van der Waals surface area contributed by atoms with Crippen LogP contribution >= 0.6 is 11.6 Å². The van der Waals surface area contributed by atoms with Crippen molar-refractivity contribution in [2.75, 3.05) is 26.8 Å². The lowest BCUT2D eigenvalue weighted by Crippen LogP contribution is -2.55. The number of nitrogens with zero attached hydrogens (tertiary/aromatic N) is 3. The van der Waals surface area contributed by atoms with E-state index in [1.165, 1.54) is 0 Å². The molecule has 1 saturated heterocycles. The number of aromatic nitrogens is 2. The Morgan fingerprint density at radius 2 is 2.12 bits per heavy atom. The number of fused-ring (bicyclic) bond motifs is 1. The average molecular weight is 350 g/mol. The fourth-order valence-corrected chi connectivity index (χ4v) is 3.02. The molecule has 0 aromatic carbocycles. The highest BCUT2D eigenvalue weighted by atomic mass is 35.5. The third-order valence-electron chi connectivity index (χ3n) is 4.25. The van der Waals surface area contributed by atoms with Gasteiger partial charge in [-0.15, -0.1) is 0 Å². The van der Waals surface area contributed by atoms with Crippen LogP contribution in [0.15, 0.2) is 18.5 Å². The van der Waals surface area contributed by atoms with E-state index in [2.05, 4.69) is 16.9 Å². The van der Waals surface area contributed by atoms with E-state index >= 15 is 0 Å². The molecule has 1 atom stereocenters. The largest absolute Gasteiger partial charge is 0.470 e. The maximum Gasteiger partial charge on any atom is 0.223 e. The summed E-state index contributed by atoms with van der Waals surface area (Å²) in [6.45, 7) is 5.39. The molecule has 2 aromatic rings. The van der Waals surface area contributed by atoms with Crippen LogP contribution in [0.5, 0.6) is 5.88 Å². The Labute approximate surface area is 145 Å². The number of rotatable bonds is 5. The van der Waals surface area contributed by atoms with Crippen molar-refractivity contribution in [3.63, 3.8) is 0 Å². The SMILES string of the molecule is COCC(C)c1cnc(OC2CN(C(C)=O)C2)c2cnc(Cl)cc12. The number of hydrogen-bond acceptors (Lipinski definition) is 5. The third-order valence-corrected chi connectivity index (χ3v) is 4.46. The highest BCUT2D eigenvalue weighted by molar-refractivity contribution is 6.30. The highest BCUT2D eigenvalue weighted by Gasteiger charge is 2.31. The molecule has 0 radical (unpaired) electrons. The number of amides is 1. The van der Waals surface area contributed by atoms with Gasteiger partial charge in [0.05, 0.1) is 25.1 Å². The van der Waals surface area contributed by atoms with Crippen molar-refractivity contribution < 1.29 is 14.3 Å². The van der Waals surface area contributed by atoms with E-state index in [0.717, 1.165) is 16.3 Å². The van der Waals surface area contributed by atoms with Crippen molar-refractivity contribution in [3.05, 3.63) is 29.2 Å². The molecule has 0 spiro atoms. The highest BCUT2D eigenvalue weighted by Crippen LogP contribution is 2.32. The van der Waals surface area contributed by atoms with E-state index in [0.29, 0.717) is 30.7 Å². The zero-order chi connectivity index (χ0) is 17.3. The normalized spacial score (nSPS) is 16.1. The van der Waals surface area contributed by atoms with Crippen molar-refractivity contribution >= 4 is 28.3 Å². The van der Waals surface area contributed by atoms with Gasteiger partial charge in [-0.3, -0.25) is 4.79 Å². The predicted octanol–water partition coefficient (Wildman–Crippen LogP) is 2.64. The van der Waals surface area contributed by atoms with Gasteiger partial charge in [0, 0.05) is 32.3 Å². The minimum absolute atomic E-state index is 0.0393. The summed E-state index contributed by atoms with van der Waals surface area (Å²) in [5.41, 5.74) is 1.04. The van der Waals surface area contributed by atoms with Crippen LogP contribution in [-0.4, -0.2) is 53.7 Å². The predicted molar refractivity (Wildman–Crippen MR) is 91.5 cm³/mol. The summed E-state index contributed by atoms with van der Waals surface area (Å²) in [6.07, 6.45) is 3.45. The summed E-state index contributed by atoms with van der Waals surface area (Å²) in [6, 6.07) is 1.83. The Hall–Kier alpha value is -1.92. The van der Waals surface area contributed by atoms with Crippen LogP contribution in [0.1, 0.15) is 25.3 Å². The first kappa shape index (κ1) is 16.9. The van der Waals surface area contributed by atoms with Crippen LogP contribution in [0.25, 0.3) is 10.8 Å². The Bertz CT molecular complexity index is 762. The lowest BCUT2D eigenvalue weighted by atomic mass is 9.98. The topological polar surface area (TPSA) is 64.6 Å². The minimum Gasteiger partial charge on any atom is -0.470 e. The maximum absolute atomic E-state index is 11.3. The van der Waals surface area contributed by atoms with E-state index < -0.39 is 0 Å². The molecule has 0 bridgehead atoms. The molecule has 1 aliphatic heterocycles. The lowest BCUT2D eigenvalue weighted by molar-refractivity contribution is -0.137. The Morgan fingerprint density at radius 1 is 1.38 bits per heavy atom. The van der Waals surface area contributed by atoms with E-state index in [9.17, 15) is 4.79 Å². The summed E-state index contributed by atoms with van der Waals surface area (Å²) in [5.74, 6) is 0.759. The van der Waals surface area contributed by atoms with Crippen molar-refractivity contribution in [1.82, 2.24) is 14.9 Å². The van der Waals surface area contributed by atoms with Crippen molar-refractivity contribution in [3.8, 4) is 5.88 Å². The van der Waals surface area contributed by atoms with E-state index in [1.54, 1.807) is 31.3 Å². The van der Waals surface area contributed by atoms with Gasteiger partial charge in [-0.05, 0) is 17.0 Å². The number of carbonyl (C=O) groups excluding carboxylic acids is 1. The van der Waals surface area contributed by atoms with Gasteiger partial charge in [0.15, 0.2) is 0 Å². The van der Waals surface area contributed by atoms with Gasteiger partial charge < -0.3 is 14.4 Å². The van der Waals surface area contributed by atoms with Crippen molar-refractivity contribution in [1.29, 1.82) is 0 Å². The van der Waals surface area contributed by atoms with Gasteiger partial charge >= 0.3 is 0 Å². The van der Waals surface area contributed by atoms with E-state index in [4.69, 9.17) is 21.1 Å². The van der Waals surface area contributed by atoms with Gasteiger partial charge in [-0.25, -0.2) is 9.97 Å². The number of carbonyl (C=O) groups is 1. The fraction of sp³-hybridized carbons (Fsp3) is 0.471. The standard InChI is InChI=1S/C17H20ClN3O3/c1-10(9-23-3)14-5-20-17(15-6-19-16(18)4-13(14)15)24-12-7-21(8-12)11(2)22/h4-6,10,12H,7-9H2,1-3H3. The number of ether oxygens (including phenoxy) is 2. The number of halogens is 1. The second-order valence-electron chi connectivity index (χ2n) is 6.09. The van der Waals surface area contributed by atoms with Gasteiger partial charge in [-0.2, -0.15) is 0 Å². The quantitative estimate of drug-likeness (QED) is 0.776. The molecule has 1 amide bonds. The fourth-order valence-electron chi connectivity index (χ4n) is 2.86. The summed E-state index contributed by atoms with van der Waals surface area (Å²) in [4.78, 5) is 21.6. The van der Waals surface area contributed by atoms with Crippen LogP contribution in [0, 0.1) is 0 Å². The summed E-state index contributed by atoms with van der Waals surface area (Å²) in [7, 11) is 1.68. The van der Waals surface area contributed by atoms with Gasteiger partial charge in [0.1, 0.15) is 11.3 Å². The molecule has 6 nitrogen and oxygen atoms in total. The Kier molecular flexibility index (Phi) is 4.87. The molecule has 3 rings (SSSR count). The van der Waals surface area contributed by atoms with Crippen LogP contribution in [0.2, 0.25) is 5.15 Å². The monoisotopic (exact) mass is 349 g/mol. The molecule has 0 saturated carbocycles. The lowest BCUT2D eigenvalue weighted by Gasteiger charge is -2.38. The maximum atomic E-state index is 11.3. The molecule has 1 aliphatic rings. The van der Waals surface area contributed by atoms with Gasteiger partial charge in [0.25, 0.3) is 0 Å². The zero-order valence-electron chi connectivity index (χ0n) is 14.0. The molecular weight excluding hydrogens is 330 g/mol. The molecule has 128 valence electrons. The number of hydrogen-bond donors (Lipinski definition) is 0. The molecule has 1 fully saturated rings. The summed E-state index contributed by atoms with van der Waals surface area (Å²) < 4.78 is 11.2. The molecular formula is C17H20ClN3O3. The summed E-state index contributed by atoms with van der Waals surface area (Å²) in [5, 5.41) is 2.21. The van der Waals surface area contributed by atoms with E-state index in [-0.39, 0.29) is 17.9 Å². The average Bonchev–Trinajstić information content (AvgIpc) is 2.49. The Morgan fingerprint density at radius 3 is 2.79 bits per heavy atom. The van der Waals surface area contributed by atoms with E-state index in [1.807, 2.05) is 6.07 Å². The Balaban J connectivity index is 1.90. The first-order valence-electron chi connectivity index (χ1n) is 7.85. The van der Waals surface area contributed by atoms with Crippen molar-refractivity contribution in [2.24, 2.45) is 0 Å².